The standard InChI is InChI=1S/C20H18F3N5O3S/c1-3-32(29,30)28(17-6-4-5-16-14(17)10-24-27(16)2)11-13-8-7-12(9-15(13)21)19-25-26-20(31-19)18(22)23/h4-10,18H,3,11H2,1-2H3. The maximum Gasteiger partial charge on any atom is 0.314 e. The van der Waals surface area contributed by atoms with Crippen molar-refractivity contribution in [2.24, 2.45) is 7.05 Å². The van der Waals surface area contributed by atoms with Gasteiger partial charge >= 0.3 is 6.43 Å². The third kappa shape index (κ3) is 3.93. The second kappa shape index (κ2) is 8.26. The molecule has 2 aromatic heterocycles. The molecule has 0 unspecified atom stereocenters. The maximum absolute atomic E-state index is 14.9. The first kappa shape index (κ1) is 21.8. The smallest absolute Gasteiger partial charge is 0.314 e. The molecule has 0 aliphatic rings. The summed E-state index contributed by atoms with van der Waals surface area (Å²) in [6.45, 7) is 1.23. The van der Waals surface area contributed by atoms with Crippen molar-refractivity contribution in [1.29, 1.82) is 0 Å². The number of hydrogen-bond acceptors (Lipinski definition) is 6. The lowest BCUT2D eigenvalue weighted by Gasteiger charge is -2.25. The molecule has 2 aromatic carbocycles. The summed E-state index contributed by atoms with van der Waals surface area (Å²) in [5.74, 6) is -2.06. The fraction of sp³-hybridized carbons (Fsp3) is 0.250. The highest BCUT2D eigenvalue weighted by Gasteiger charge is 2.25. The normalized spacial score (nSPS) is 12.1. The second-order valence-corrected chi connectivity index (χ2v) is 9.12. The van der Waals surface area contributed by atoms with Crippen LogP contribution in [-0.4, -0.2) is 34.1 Å². The molecular formula is C20H18F3N5O3S. The second-order valence-electron chi connectivity index (χ2n) is 6.94. The van der Waals surface area contributed by atoms with Crippen molar-refractivity contribution in [2.75, 3.05) is 10.1 Å². The summed E-state index contributed by atoms with van der Waals surface area (Å²) in [5, 5.41) is 11.5. The summed E-state index contributed by atoms with van der Waals surface area (Å²) in [6.07, 6.45) is -1.39. The van der Waals surface area contributed by atoms with Crippen LogP contribution in [0.3, 0.4) is 0 Å². The van der Waals surface area contributed by atoms with Crippen LogP contribution in [0.2, 0.25) is 0 Å². The van der Waals surface area contributed by atoms with Crippen LogP contribution in [0.5, 0.6) is 0 Å². The first-order chi connectivity index (χ1) is 15.2. The molecule has 168 valence electrons. The van der Waals surface area contributed by atoms with E-state index in [9.17, 15) is 21.6 Å². The van der Waals surface area contributed by atoms with Gasteiger partial charge in [0.2, 0.25) is 15.9 Å². The van der Waals surface area contributed by atoms with Crippen LogP contribution in [0.25, 0.3) is 22.4 Å². The molecule has 32 heavy (non-hydrogen) atoms. The van der Waals surface area contributed by atoms with E-state index in [2.05, 4.69) is 15.3 Å². The maximum atomic E-state index is 14.9. The highest BCUT2D eigenvalue weighted by molar-refractivity contribution is 7.92. The van der Waals surface area contributed by atoms with E-state index < -0.39 is 28.2 Å². The Balaban J connectivity index is 1.73. The number of nitrogens with zero attached hydrogens (tertiary/aromatic N) is 5. The van der Waals surface area contributed by atoms with Gasteiger partial charge in [-0.2, -0.15) is 13.9 Å². The van der Waals surface area contributed by atoms with Crippen LogP contribution < -0.4 is 4.31 Å². The molecule has 0 N–H and O–H groups in total. The number of benzene rings is 2. The van der Waals surface area contributed by atoms with Crippen LogP contribution in [0, 0.1) is 5.82 Å². The van der Waals surface area contributed by atoms with Crippen LogP contribution in [-0.2, 0) is 23.6 Å². The van der Waals surface area contributed by atoms with Crippen molar-refractivity contribution in [2.45, 2.75) is 19.9 Å². The Labute approximate surface area is 181 Å². The molecule has 0 bridgehead atoms. The molecule has 8 nitrogen and oxygen atoms in total. The van der Waals surface area contributed by atoms with Gasteiger partial charge in [0.15, 0.2) is 0 Å². The minimum absolute atomic E-state index is 0.0836. The number of sulfonamides is 1. The Hall–Kier alpha value is -3.41. The van der Waals surface area contributed by atoms with Gasteiger partial charge in [0, 0.05) is 23.6 Å². The minimum Gasteiger partial charge on any atom is -0.415 e. The van der Waals surface area contributed by atoms with E-state index in [1.165, 1.54) is 19.1 Å². The number of aryl methyl sites for hydroxylation is 1. The first-order valence-corrected chi connectivity index (χ1v) is 11.1. The van der Waals surface area contributed by atoms with Crippen LogP contribution in [0.1, 0.15) is 24.8 Å². The van der Waals surface area contributed by atoms with E-state index in [1.54, 1.807) is 36.1 Å². The third-order valence-corrected chi connectivity index (χ3v) is 6.71. The molecule has 0 fully saturated rings. The number of anilines is 1. The molecule has 0 amide bonds. The quantitative estimate of drug-likeness (QED) is 0.409. The average Bonchev–Trinajstić information content (AvgIpc) is 3.40. The third-order valence-electron chi connectivity index (χ3n) is 4.98. The highest BCUT2D eigenvalue weighted by Crippen LogP contribution is 2.31. The zero-order chi connectivity index (χ0) is 23.0. The van der Waals surface area contributed by atoms with Gasteiger partial charge in [-0.1, -0.05) is 12.1 Å². The van der Waals surface area contributed by atoms with Crippen molar-refractivity contribution < 1.29 is 26.0 Å². The summed E-state index contributed by atoms with van der Waals surface area (Å²) in [6, 6.07) is 8.94. The summed E-state index contributed by atoms with van der Waals surface area (Å²) >= 11 is 0. The lowest BCUT2D eigenvalue weighted by molar-refractivity contribution is 0.116. The number of fused-ring (bicyclic) bond motifs is 1. The minimum atomic E-state index is -3.77. The molecule has 4 aromatic rings. The Morgan fingerprint density at radius 3 is 2.62 bits per heavy atom. The number of alkyl halides is 2. The van der Waals surface area contributed by atoms with E-state index in [-0.39, 0.29) is 29.3 Å². The zero-order valence-electron chi connectivity index (χ0n) is 17.0. The van der Waals surface area contributed by atoms with Crippen molar-refractivity contribution in [3.63, 3.8) is 0 Å². The lowest BCUT2D eigenvalue weighted by Crippen LogP contribution is -2.32. The van der Waals surface area contributed by atoms with E-state index in [1.807, 2.05) is 0 Å². The van der Waals surface area contributed by atoms with Gasteiger partial charge < -0.3 is 4.42 Å². The molecule has 0 spiro atoms. The molecule has 0 aliphatic heterocycles. The summed E-state index contributed by atoms with van der Waals surface area (Å²) in [7, 11) is -2.04. The Kier molecular flexibility index (Phi) is 5.63. The number of halogens is 3. The molecule has 12 heteroatoms. The average molecular weight is 465 g/mol. The van der Waals surface area contributed by atoms with Crippen molar-refractivity contribution in [1.82, 2.24) is 20.0 Å². The first-order valence-electron chi connectivity index (χ1n) is 9.52. The Morgan fingerprint density at radius 1 is 1.19 bits per heavy atom. The topological polar surface area (TPSA) is 94.1 Å². The molecule has 0 saturated carbocycles. The number of rotatable bonds is 7. The molecule has 0 saturated heterocycles. The van der Waals surface area contributed by atoms with Gasteiger partial charge in [0.1, 0.15) is 5.82 Å². The predicted molar refractivity (Wildman–Crippen MR) is 111 cm³/mol. The van der Waals surface area contributed by atoms with E-state index in [4.69, 9.17) is 4.42 Å². The summed E-state index contributed by atoms with van der Waals surface area (Å²) < 4.78 is 73.6. The van der Waals surface area contributed by atoms with Crippen molar-refractivity contribution >= 4 is 26.6 Å². The van der Waals surface area contributed by atoms with E-state index in [0.717, 1.165) is 15.9 Å². The lowest BCUT2D eigenvalue weighted by atomic mass is 10.1. The highest BCUT2D eigenvalue weighted by atomic mass is 32.2. The molecule has 0 aliphatic carbocycles. The molecule has 0 atom stereocenters. The predicted octanol–water partition coefficient (Wildman–Crippen LogP) is 4.06. The summed E-state index contributed by atoms with van der Waals surface area (Å²) in [5.41, 5.74) is 1.28. The number of hydrogen-bond donors (Lipinski definition) is 0. The fourth-order valence-electron chi connectivity index (χ4n) is 3.27. The van der Waals surface area contributed by atoms with E-state index in [0.29, 0.717) is 11.1 Å². The van der Waals surface area contributed by atoms with Gasteiger partial charge in [-0.15, -0.1) is 10.2 Å². The van der Waals surface area contributed by atoms with Gasteiger partial charge in [-0.25, -0.2) is 12.8 Å². The largest absolute Gasteiger partial charge is 0.415 e. The van der Waals surface area contributed by atoms with Gasteiger partial charge in [-0.05, 0) is 31.2 Å². The fourth-order valence-corrected chi connectivity index (χ4v) is 4.38. The van der Waals surface area contributed by atoms with Crippen molar-refractivity contribution in [3.8, 4) is 11.5 Å². The Bertz CT molecular complexity index is 1380. The van der Waals surface area contributed by atoms with Gasteiger partial charge in [0.25, 0.3) is 5.89 Å². The van der Waals surface area contributed by atoms with Crippen LogP contribution >= 0.6 is 0 Å². The van der Waals surface area contributed by atoms with Gasteiger partial charge in [0.05, 0.1) is 29.7 Å². The van der Waals surface area contributed by atoms with Crippen LogP contribution in [0.15, 0.2) is 47.0 Å². The SMILES string of the molecule is CCS(=O)(=O)N(Cc1ccc(-c2nnc(C(F)F)o2)cc1F)c1cccc2c1cnn2C. The van der Waals surface area contributed by atoms with Crippen molar-refractivity contribution in [3.05, 3.63) is 59.9 Å². The number of aromatic nitrogens is 4. The Morgan fingerprint density at radius 2 is 1.97 bits per heavy atom. The molecule has 4 rings (SSSR count). The van der Waals surface area contributed by atoms with Crippen LogP contribution in [0.4, 0.5) is 18.9 Å². The molecular weight excluding hydrogens is 447 g/mol. The monoisotopic (exact) mass is 465 g/mol. The van der Waals surface area contributed by atoms with E-state index >= 15 is 0 Å². The zero-order valence-corrected chi connectivity index (χ0v) is 17.9. The molecule has 2 heterocycles. The van der Waals surface area contributed by atoms with Gasteiger partial charge in [-0.3, -0.25) is 8.99 Å². The summed E-state index contributed by atoms with van der Waals surface area (Å²) in [4.78, 5) is 0. The molecule has 0 radical (unpaired) electrons.